The topological polar surface area (TPSA) is 138 Å². The molecule has 4 aromatic carbocycles. The van der Waals surface area contributed by atoms with E-state index in [1.165, 1.54) is 25.3 Å². The molecule has 3 N–H and O–H groups in total. The third-order valence-electron chi connectivity index (χ3n) is 5.73. The number of nitrogens with one attached hydrogen (secondary N) is 1. The summed E-state index contributed by atoms with van der Waals surface area (Å²) in [6, 6.07) is 15.8. The van der Waals surface area contributed by atoms with Gasteiger partial charge in [0.25, 0.3) is 16.0 Å². The molecule has 0 saturated carbocycles. The van der Waals surface area contributed by atoms with E-state index in [4.69, 9.17) is 27.9 Å². The fourth-order valence-corrected chi connectivity index (χ4v) is 5.38. The van der Waals surface area contributed by atoms with Crippen LogP contribution in [0, 0.1) is 0 Å². The molecular formula is C26H21Cl2N3O6S. The number of rotatable bonds is 7. The standard InChI is InChI=1S/C26H21Cl2N3O6S/c1-3-15-21(38(34,35)36)12-11-19(22(15)28)30-31-23-16-8-5-4-7-14(16)13-17(24(23)32)26(33)29-20-10-6-9-18(27)25(20)37-2/h4-13,32H,3H2,1-2H3,(H,29,33)(H,34,35,36). The Kier molecular flexibility index (Phi) is 7.89. The molecule has 196 valence electrons. The van der Waals surface area contributed by atoms with E-state index in [-0.39, 0.29) is 44.6 Å². The summed E-state index contributed by atoms with van der Waals surface area (Å²) < 4.78 is 38.2. The molecule has 0 bridgehead atoms. The summed E-state index contributed by atoms with van der Waals surface area (Å²) in [5, 5.41) is 23.5. The Balaban J connectivity index is 1.81. The molecule has 38 heavy (non-hydrogen) atoms. The number of phenols is 1. The summed E-state index contributed by atoms with van der Waals surface area (Å²) in [5.41, 5.74) is 0.501. The fraction of sp³-hybridized carbons (Fsp3) is 0.115. The smallest absolute Gasteiger partial charge is 0.294 e. The van der Waals surface area contributed by atoms with E-state index in [1.807, 2.05) is 0 Å². The number of nitrogens with zero attached hydrogens (tertiary/aromatic N) is 2. The van der Waals surface area contributed by atoms with E-state index in [2.05, 4.69) is 15.5 Å². The molecule has 1 amide bonds. The summed E-state index contributed by atoms with van der Waals surface area (Å²) in [7, 11) is -3.08. The quantitative estimate of drug-likeness (QED) is 0.156. The Labute approximate surface area is 228 Å². The molecule has 9 nitrogen and oxygen atoms in total. The molecule has 0 aliphatic rings. The van der Waals surface area contributed by atoms with Gasteiger partial charge in [-0.3, -0.25) is 9.35 Å². The van der Waals surface area contributed by atoms with Crippen LogP contribution in [-0.4, -0.2) is 31.1 Å². The number of hydrogen-bond donors (Lipinski definition) is 3. The highest BCUT2D eigenvalue weighted by Crippen LogP contribution is 2.42. The number of halogens is 2. The van der Waals surface area contributed by atoms with Crippen molar-refractivity contribution in [2.75, 3.05) is 12.4 Å². The van der Waals surface area contributed by atoms with Gasteiger partial charge in [-0.25, -0.2) is 0 Å². The molecule has 0 atom stereocenters. The molecule has 4 aromatic rings. The fourth-order valence-electron chi connectivity index (χ4n) is 3.94. The Morgan fingerprint density at radius 2 is 1.79 bits per heavy atom. The second kappa shape index (κ2) is 11.0. The number of amides is 1. The molecule has 0 saturated heterocycles. The zero-order valence-corrected chi connectivity index (χ0v) is 22.4. The highest BCUT2D eigenvalue weighted by atomic mass is 35.5. The van der Waals surface area contributed by atoms with E-state index in [0.29, 0.717) is 21.5 Å². The van der Waals surface area contributed by atoms with Crippen molar-refractivity contribution in [2.24, 2.45) is 10.2 Å². The summed E-state index contributed by atoms with van der Waals surface area (Å²) in [5.74, 6) is -0.821. The number of phenolic OH excluding ortho intramolecular Hbond substituents is 1. The molecule has 4 rings (SSSR count). The van der Waals surface area contributed by atoms with Gasteiger partial charge in [-0.05, 0) is 47.7 Å². The van der Waals surface area contributed by atoms with Crippen LogP contribution in [0.5, 0.6) is 11.5 Å². The van der Waals surface area contributed by atoms with Gasteiger partial charge in [-0.2, -0.15) is 8.42 Å². The summed E-state index contributed by atoms with van der Waals surface area (Å²) >= 11 is 12.5. The second-order valence-electron chi connectivity index (χ2n) is 8.02. The van der Waals surface area contributed by atoms with Gasteiger partial charge in [0.2, 0.25) is 0 Å². The average Bonchev–Trinajstić information content (AvgIpc) is 2.87. The van der Waals surface area contributed by atoms with Crippen molar-refractivity contribution in [3.63, 3.8) is 0 Å². The maximum absolute atomic E-state index is 13.2. The molecule has 0 radical (unpaired) electrons. The first kappa shape index (κ1) is 27.3. The maximum Gasteiger partial charge on any atom is 0.294 e. The monoisotopic (exact) mass is 573 g/mol. The normalized spacial score (nSPS) is 11.7. The van der Waals surface area contributed by atoms with Crippen LogP contribution in [0.25, 0.3) is 10.8 Å². The highest BCUT2D eigenvalue weighted by Gasteiger charge is 2.22. The predicted molar refractivity (Wildman–Crippen MR) is 146 cm³/mol. The van der Waals surface area contributed by atoms with Crippen LogP contribution in [0.4, 0.5) is 17.1 Å². The van der Waals surface area contributed by atoms with E-state index in [1.54, 1.807) is 49.4 Å². The molecule has 0 aromatic heterocycles. The number of anilines is 1. The first-order valence-corrected chi connectivity index (χ1v) is 13.4. The minimum Gasteiger partial charge on any atom is -0.505 e. The van der Waals surface area contributed by atoms with Gasteiger partial charge in [0.05, 0.1) is 33.3 Å². The van der Waals surface area contributed by atoms with Gasteiger partial charge in [0.1, 0.15) is 11.4 Å². The largest absolute Gasteiger partial charge is 0.505 e. The van der Waals surface area contributed by atoms with Crippen LogP contribution in [0.1, 0.15) is 22.8 Å². The van der Waals surface area contributed by atoms with Gasteiger partial charge in [-0.1, -0.05) is 60.5 Å². The van der Waals surface area contributed by atoms with Crippen molar-refractivity contribution in [2.45, 2.75) is 18.2 Å². The van der Waals surface area contributed by atoms with Crippen LogP contribution < -0.4 is 10.1 Å². The molecule has 0 unspecified atom stereocenters. The minimum atomic E-state index is -4.49. The minimum absolute atomic E-state index is 0.000666. The van der Waals surface area contributed by atoms with Crippen molar-refractivity contribution in [1.29, 1.82) is 0 Å². The van der Waals surface area contributed by atoms with Crippen molar-refractivity contribution in [1.82, 2.24) is 0 Å². The number of fused-ring (bicyclic) bond motifs is 1. The summed E-state index contributed by atoms with van der Waals surface area (Å²) in [6.45, 7) is 1.67. The molecule has 0 aliphatic heterocycles. The first-order chi connectivity index (χ1) is 18.1. The Morgan fingerprint density at radius 3 is 2.47 bits per heavy atom. The molecule has 12 heteroatoms. The van der Waals surface area contributed by atoms with E-state index >= 15 is 0 Å². The lowest BCUT2D eigenvalue weighted by molar-refractivity contribution is 0.102. The van der Waals surface area contributed by atoms with Crippen LogP contribution in [-0.2, 0) is 16.5 Å². The van der Waals surface area contributed by atoms with Crippen molar-refractivity contribution in [3.05, 3.63) is 81.8 Å². The lowest BCUT2D eigenvalue weighted by atomic mass is 10.0. The third-order valence-corrected chi connectivity index (χ3v) is 7.39. The second-order valence-corrected chi connectivity index (χ2v) is 10.2. The number of ether oxygens (including phenoxy) is 1. The molecule has 0 fully saturated rings. The van der Waals surface area contributed by atoms with E-state index < -0.39 is 21.8 Å². The zero-order chi connectivity index (χ0) is 27.6. The summed E-state index contributed by atoms with van der Waals surface area (Å²) in [6.07, 6.45) is 0.202. The van der Waals surface area contributed by atoms with Crippen LogP contribution >= 0.6 is 23.2 Å². The van der Waals surface area contributed by atoms with Crippen molar-refractivity contribution in [3.8, 4) is 11.5 Å². The third kappa shape index (κ3) is 5.30. The number of carbonyl (C=O) groups is 1. The lowest BCUT2D eigenvalue weighted by Gasteiger charge is -2.14. The Morgan fingerprint density at radius 1 is 1.05 bits per heavy atom. The summed E-state index contributed by atoms with van der Waals surface area (Å²) in [4.78, 5) is 12.9. The first-order valence-electron chi connectivity index (χ1n) is 11.2. The Bertz CT molecular complexity index is 1710. The predicted octanol–water partition coefficient (Wildman–Crippen LogP) is 7.34. The van der Waals surface area contributed by atoms with Gasteiger partial charge < -0.3 is 15.2 Å². The van der Waals surface area contributed by atoms with Gasteiger partial charge in [0, 0.05) is 5.39 Å². The Hall–Kier alpha value is -3.70. The maximum atomic E-state index is 13.2. The van der Waals surface area contributed by atoms with Crippen molar-refractivity contribution >= 4 is 67.1 Å². The zero-order valence-electron chi connectivity index (χ0n) is 20.1. The van der Waals surface area contributed by atoms with Gasteiger partial charge in [-0.15, -0.1) is 10.2 Å². The number of azo groups is 1. The number of hydrogen-bond acceptors (Lipinski definition) is 7. The molecule has 0 spiro atoms. The van der Waals surface area contributed by atoms with E-state index in [9.17, 15) is 22.9 Å². The number of aromatic hydroxyl groups is 1. The van der Waals surface area contributed by atoms with Gasteiger partial charge in [0.15, 0.2) is 11.5 Å². The van der Waals surface area contributed by atoms with Gasteiger partial charge >= 0.3 is 0 Å². The van der Waals surface area contributed by atoms with Crippen molar-refractivity contribution < 1.29 is 27.6 Å². The number of carbonyl (C=O) groups excluding carboxylic acids is 1. The SMILES string of the molecule is CCc1c(S(=O)(=O)O)ccc(N=Nc2c(O)c(C(=O)Nc3cccc(Cl)c3OC)cc3ccccc23)c1Cl. The number of benzene rings is 4. The molecule has 0 heterocycles. The van der Waals surface area contributed by atoms with Crippen LogP contribution in [0.15, 0.2) is 75.8 Å². The number of para-hydroxylation sites is 1. The average molecular weight is 574 g/mol. The van der Waals surface area contributed by atoms with E-state index in [0.717, 1.165) is 0 Å². The lowest BCUT2D eigenvalue weighted by Crippen LogP contribution is -2.13. The molecular weight excluding hydrogens is 553 g/mol. The highest BCUT2D eigenvalue weighted by molar-refractivity contribution is 7.85. The molecule has 0 aliphatic carbocycles. The van der Waals surface area contributed by atoms with Crippen LogP contribution in [0.2, 0.25) is 10.0 Å². The van der Waals surface area contributed by atoms with Crippen LogP contribution in [0.3, 0.4) is 0 Å². The number of methoxy groups -OCH3 is 1.